The number of rotatable bonds is 1. The highest BCUT2D eigenvalue weighted by molar-refractivity contribution is 5.90. The highest BCUT2D eigenvalue weighted by Crippen LogP contribution is 2.19. The molecule has 0 atom stereocenters. The topological polar surface area (TPSA) is 60.1 Å². The number of benzene rings is 2. The third-order valence-electron chi connectivity index (χ3n) is 4.07. The van der Waals surface area contributed by atoms with Crippen LogP contribution in [0, 0.1) is 13.8 Å². The lowest BCUT2D eigenvalue weighted by Gasteiger charge is -2.07. The highest BCUT2D eigenvalue weighted by Gasteiger charge is 2.11. The summed E-state index contributed by atoms with van der Waals surface area (Å²) in [5.41, 5.74) is 4.38. The van der Waals surface area contributed by atoms with Crippen molar-refractivity contribution in [2.75, 3.05) is 0 Å². The third kappa shape index (κ3) is 2.17. The lowest BCUT2D eigenvalue weighted by atomic mass is 10.0. The third-order valence-corrected chi connectivity index (χ3v) is 4.07. The van der Waals surface area contributed by atoms with E-state index in [4.69, 9.17) is 0 Å². The van der Waals surface area contributed by atoms with Gasteiger partial charge in [0.25, 0.3) is 5.56 Å². The second kappa shape index (κ2) is 4.98. The predicted molar refractivity (Wildman–Crippen MR) is 89.5 cm³/mol. The summed E-state index contributed by atoms with van der Waals surface area (Å²) >= 11 is 0. The van der Waals surface area contributed by atoms with E-state index in [1.54, 1.807) is 10.8 Å². The van der Waals surface area contributed by atoms with Crippen molar-refractivity contribution in [1.29, 1.82) is 0 Å². The van der Waals surface area contributed by atoms with E-state index < -0.39 is 0 Å². The van der Waals surface area contributed by atoms with Crippen LogP contribution in [0.5, 0.6) is 0 Å². The van der Waals surface area contributed by atoms with Crippen LogP contribution in [0.25, 0.3) is 27.8 Å². The first-order valence-electron chi connectivity index (χ1n) is 7.35. The van der Waals surface area contributed by atoms with E-state index in [9.17, 15) is 4.79 Å². The van der Waals surface area contributed by atoms with Gasteiger partial charge in [0.2, 0.25) is 0 Å². The van der Waals surface area contributed by atoms with Crippen molar-refractivity contribution in [2.45, 2.75) is 13.8 Å². The number of hydrogen-bond donors (Lipinski definition) is 0. The maximum Gasteiger partial charge on any atom is 0.300 e. The van der Waals surface area contributed by atoms with E-state index >= 15 is 0 Å². The molecule has 0 radical (unpaired) electrons. The summed E-state index contributed by atoms with van der Waals surface area (Å²) in [5.74, 6) is 0. The molecule has 2 aromatic carbocycles. The Morgan fingerprint density at radius 2 is 1.83 bits per heavy atom. The van der Waals surface area contributed by atoms with E-state index in [1.165, 1.54) is 5.56 Å². The molecule has 0 aliphatic carbocycles. The van der Waals surface area contributed by atoms with Crippen molar-refractivity contribution in [3.63, 3.8) is 0 Å². The zero-order chi connectivity index (χ0) is 16.0. The molecule has 0 unspecified atom stereocenters. The van der Waals surface area contributed by atoms with Crippen molar-refractivity contribution < 1.29 is 0 Å². The van der Waals surface area contributed by atoms with E-state index in [-0.39, 0.29) is 5.56 Å². The van der Waals surface area contributed by atoms with Gasteiger partial charge in [0.05, 0.1) is 5.52 Å². The second-order valence-corrected chi connectivity index (χ2v) is 5.59. The minimum absolute atomic E-state index is 0.329. The fraction of sp³-hybridized carbons (Fsp3) is 0.111. The van der Waals surface area contributed by atoms with Gasteiger partial charge in [0, 0.05) is 10.9 Å². The van der Waals surface area contributed by atoms with E-state index in [2.05, 4.69) is 15.1 Å². The fourth-order valence-electron chi connectivity index (χ4n) is 2.62. The Morgan fingerprint density at radius 1 is 1.00 bits per heavy atom. The average Bonchev–Trinajstić information content (AvgIpc) is 2.57. The monoisotopic (exact) mass is 302 g/mol. The molecule has 2 aromatic heterocycles. The molecule has 0 spiro atoms. The fourth-order valence-corrected chi connectivity index (χ4v) is 2.62. The summed E-state index contributed by atoms with van der Waals surface area (Å²) in [6, 6.07) is 13.4. The Morgan fingerprint density at radius 3 is 2.65 bits per heavy atom. The lowest BCUT2D eigenvalue weighted by molar-refractivity contribution is 0.871. The normalized spacial score (nSPS) is 11.2. The molecule has 0 amide bonds. The summed E-state index contributed by atoms with van der Waals surface area (Å²) in [5, 5.41) is 5.26. The molecule has 0 saturated carbocycles. The summed E-state index contributed by atoms with van der Waals surface area (Å²) in [6.07, 6.45) is 1.59. The Hall–Kier alpha value is -3.08. The van der Waals surface area contributed by atoms with Crippen LogP contribution in [0.4, 0.5) is 0 Å². The molecule has 0 aliphatic heterocycles. The smallest absolute Gasteiger partial charge is 0.265 e. The molecule has 112 valence electrons. The number of hydrogen-bond acceptors (Lipinski definition) is 4. The molecule has 2 heterocycles. The maximum atomic E-state index is 12.5. The largest absolute Gasteiger partial charge is 0.300 e. The molecule has 0 aliphatic rings. The van der Waals surface area contributed by atoms with E-state index in [0.717, 1.165) is 22.0 Å². The molecule has 5 nitrogen and oxygen atoms in total. The molecule has 0 fully saturated rings. The van der Waals surface area contributed by atoms with Gasteiger partial charge in [-0.1, -0.05) is 24.3 Å². The Kier molecular flexibility index (Phi) is 2.94. The predicted octanol–water partition coefficient (Wildman–Crippen LogP) is 2.92. The van der Waals surface area contributed by atoms with Gasteiger partial charge in [-0.25, -0.2) is 9.50 Å². The van der Waals surface area contributed by atoms with Crippen molar-refractivity contribution in [1.82, 2.24) is 19.6 Å². The van der Waals surface area contributed by atoms with Crippen LogP contribution in [0.2, 0.25) is 0 Å². The van der Waals surface area contributed by atoms with Crippen molar-refractivity contribution in [2.24, 2.45) is 0 Å². The highest BCUT2D eigenvalue weighted by atomic mass is 16.1. The van der Waals surface area contributed by atoms with Gasteiger partial charge in [-0.2, -0.15) is 10.1 Å². The van der Waals surface area contributed by atoms with Gasteiger partial charge in [-0.3, -0.25) is 4.79 Å². The number of aromatic nitrogens is 4. The lowest BCUT2D eigenvalue weighted by Crippen LogP contribution is -2.16. The first-order valence-corrected chi connectivity index (χ1v) is 7.35. The molecule has 23 heavy (non-hydrogen) atoms. The van der Waals surface area contributed by atoms with Gasteiger partial charge >= 0.3 is 0 Å². The first kappa shape index (κ1) is 13.6. The Labute approximate surface area is 132 Å². The standard InChI is InChI=1S/C18H14N4O/c1-11-7-8-13(9-12(11)2)16-18(23)20-17-14-5-3-4-6-15(14)19-10-22(17)21-16/h3-10H,1-2H3. The van der Waals surface area contributed by atoms with Crippen LogP contribution in [-0.4, -0.2) is 19.6 Å². The van der Waals surface area contributed by atoms with Crippen molar-refractivity contribution in [3.05, 3.63) is 70.3 Å². The number of nitrogens with zero attached hydrogens (tertiary/aromatic N) is 4. The zero-order valence-electron chi connectivity index (χ0n) is 12.8. The van der Waals surface area contributed by atoms with E-state index in [0.29, 0.717) is 11.3 Å². The van der Waals surface area contributed by atoms with Crippen LogP contribution in [-0.2, 0) is 0 Å². The SMILES string of the molecule is Cc1ccc(-c2nn3cnc4ccccc4c3nc2=O)cc1C. The van der Waals surface area contributed by atoms with Crippen LogP contribution < -0.4 is 5.56 Å². The Bertz CT molecular complexity index is 1110. The zero-order valence-corrected chi connectivity index (χ0v) is 12.8. The van der Waals surface area contributed by atoms with Gasteiger partial charge < -0.3 is 0 Å². The first-order chi connectivity index (χ1) is 11.1. The molecule has 0 N–H and O–H groups in total. The second-order valence-electron chi connectivity index (χ2n) is 5.59. The summed E-state index contributed by atoms with van der Waals surface area (Å²) in [6.45, 7) is 4.05. The van der Waals surface area contributed by atoms with Gasteiger partial charge in [0.15, 0.2) is 11.3 Å². The quantitative estimate of drug-likeness (QED) is 0.507. The number of aryl methyl sites for hydroxylation is 2. The van der Waals surface area contributed by atoms with Crippen LogP contribution in [0.1, 0.15) is 11.1 Å². The van der Waals surface area contributed by atoms with Crippen LogP contribution in [0.3, 0.4) is 0 Å². The van der Waals surface area contributed by atoms with E-state index in [1.807, 2.05) is 56.3 Å². The molecule has 4 aromatic rings. The molecular formula is C18H14N4O. The van der Waals surface area contributed by atoms with Crippen LogP contribution >= 0.6 is 0 Å². The molecule has 0 bridgehead atoms. The molecule has 4 rings (SSSR count). The van der Waals surface area contributed by atoms with Crippen LogP contribution in [0.15, 0.2) is 53.6 Å². The van der Waals surface area contributed by atoms with Crippen molar-refractivity contribution in [3.8, 4) is 11.3 Å². The molecule has 5 heteroatoms. The summed E-state index contributed by atoms with van der Waals surface area (Å²) in [7, 11) is 0. The number of fused-ring (bicyclic) bond motifs is 3. The molecular weight excluding hydrogens is 288 g/mol. The summed E-state index contributed by atoms with van der Waals surface area (Å²) < 4.78 is 1.56. The average molecular weight is 302 g/mol. The Balaban J connectivity index is 2.02. The minimum atomic E-state index is -0.329. The van der Waals surface area contributed by atoms with Crippen molar-refractivity contribution >= 4 is 16.6 Å². The maximum absolute atomic E-state index is 12.5. The summed E-state index contributed by atoms with van der Waals surface area (Å²) in [4.78, 5) is 21.1. The van der Waals surface area contributed by atoms with Gasteiger partial charge in [-0.05, 0) is 43.2 Å². The van der Waals surface area contributed by atoms with Gasteiger partial charge in [0.1, 0.15) is 6.33 Å². The minimum Gasteiger partial charge on any atom is -0.265 e. The van der Waals surface area contributed by atoms with Gasteiger partial charge in [-0.15, -0.1) is 0 Å². The molecule has 0 saturated heterocycles. The number of para-hydroxylation sites is 1.